The number of carbonyl (C=O) groups is 2. The molecule has 0 bridgehead atoms. The fourth-order valence-electron chi connectivity index (χ4n) is 1.43. The van der Waals surface area contributed by atoms with Gasteiger partial charge in [-0.05, 0) is 19.1 Å². The van der Waals surface area contributed by atoms with Crippen molar-refractivity contribution in [1.29, 1.82) is 0 Å². The average molecular weight is 251 g/mol. The lowest BCUT2D eigenvalue weighted by atomic mass is 10.1. The Hall–Kier alpha value is -2.44. The monoisotopic (exact) mass is 251 g/mol. The van der Waals surface area contributed by atoms with Crippen LogP contribution >= 0.6 is 0 Å². The predicted molar refractivity (Wildman–Crippen MR) is 65.2 cm³/mol. The lowest BCUT2D eigenvalue weighted by Gasteiger charge is -2.16. The Morgan fingerprint density at radius 2 is 2.06 bits per heavy atom. The van der Waals surface area contributed by atoms with E-state index in [1.165, 1.54) is 18.2 Å². The predicted octanol–water partition coefficient (Wildman–Crippen LogP) is 1.01. The van der Waals surface area contributed by atoms with Gasteiger partial charge in [-0.25, -0.2) is 9.80 Å². The van der Waals surface area contributed by atoms with Crippen molar-refractivity contribution in [3.63, 3.8) is 0 Å². The molecule has 0 spiro atoms. The molecule has 2 N–H and O–H groups in total. The maximum Gasteiger partial charge on any atom is 0.337 e. The molecule has 0 aliphatic rings. The number of anilines is 1. The van der Waals surface area contributed by atoms with Crippen molar-refractivity contribution in [2.45, 2.75) is 6.92 Å². The molecular formula is C11H13N3O4. The second-order valence-corrected chi connectivity index (χ2v) is 3.42. The van der Waals surface area contributed by atoms with Gasteiger partial charge in [-0.2, -0.15) is 0 Å². The molecule has 0 radical (unpaired) electrons. The third kappa shape index (κ3) is 3.27. The quantitative estimate of drug-likeness (QED) is 0.580. The number of carboxylic acids is 1. The van der Waals surface area contributed by atoms with Crippen molar-refractivity contribution in [2.24, 2.45) is 5.29 Å². The van der Waals surface area contributed by atoms with E-state index in [-0.39, 0.29) is 17.8 Å². The third-order valence-electron chi connectivity index (χ3n) is 2.18. The minimum absolute atomic E-state index is 0.0820. The zero-order valence-corrected chi connectivity index (χ0v) is 9.79. The first kappa shape index (κ1) is 13.6. The van der Waals surface area contributed by atoms with Crippen LogP contribution in [0.2, 0.25) is 0 Å². The summed E-state index contributed by atoms with van der Waals surface area (Å²) in [5.41, 5.74) is 0.00708. The van der Waals surface area contributed by atoms with E-state index in [1.807, 2.05) is 0 Å². The molecule has 0 aromatic heterocycles. The van der Waals surface area contributed by atoms with E-state index in [0.29, 0.717) is 6.54 Å². The van der Waals surface area contributed by atoms with Crippen molar-refractivity contribution in [3.8, 4) is 0 Å². The van der Waals surface area contributed by atoms with Gasteiger partial charge in [0, 0.05) is 6.54 Å². The molecule has 0 heterocycles. The molecule has 0 aliphatic heterocycles. The summed E-state index contributed by atoms with van der Waals surface area (Å²) < 4.78 is 0. The molecule has 7 nitrogen and oxygen atoms in total. The van der Waals surface area contributed by atoms with Crippen LogP contribution in [-0.2, 0) is 4.79 Å². The summed E-state index contributed by atoms with van der Waals surface area (Å²) in [7, 11) is 0. The van der Waals surface area contributed by atoms with Crippen LogP contribution in [-0.4, -0.2) is 30.1 Å². The van der Waals surface area contributed by atoms with E-state index in [4.69, 9.17) is 5.11 Å². The number of nitrogens with zero attached hydrogens (tertiary/aromatic N) is 2. The van der Waals surface area contributed by atoms with E-state index in [2.05, 4.69) is 10.6 Å². The highest BCUT2D eigenvalue weighted by atomic mass is 16.4. The molecule has 1 amide bonds. The first-order valence-corrected chi connectivity index (χ1v) is 5.30. The van der Waals surface area contributed by atoms with Crippen LogP contribution in [0, 0.1) is 4.91 Å². The number of para-hydroxylation sites is 1. The highest BCUT2D eigenvalue weighted by Crippen LogP contribution is 2.20. The number of hydrogen-bond donors (Lipinski definition) is 2. The summed E-state index contributed by atoms with van der Waals surface area (Å²) in [4.78, 5) is 33.1. The Kier molecular flexibility index (Phi) is 4.79. The molecule has 96 valence electrons. The van der Waals surface area contributed by atoms with E-state index < -0.39 is 11.9 Å². The van der Waals surface area contributed by atoms with Crippen LogP contribution in [0.5, 0.6) is 0 Å². The maximum atomic E-state index is 11.4. The molecule has 0 saturated carbocycles. The van der Waals surface area contributed by atoms with E-state index in [0.717, 1.165) is 5.01 Å². The third-order valence-corrected chi connectivity index (χ3v) is 2.18. The number of rotatable bonds is 6. The minimum Gasteiger partial charge on any atom is -0.478 e. The van der Waals surface area contributed by atoms with Gasteiger partial charge in [0.25, 0.3) is 0 Å². The molecule has 0 aliphatic carbocycles. The summed E-state index contributed by atoms with van der Waals surface area (Å²) in [6, 6.07) is 5.86. The summed E-state index contributed by atoms with van der Waals surface area (Å²) >= 11 is 0. The van der Waals surface area contributed by atoms with Gasteiger partial charge in [-0.3, -0.25) is 4.79 Å². The molecule has 18 heavy (non-hydrogen) atoms. The Bertz CT molecular complexity index is 461. The lowest BCUT2D eigenvalue weighted by molar-refractivity contribution is -0.119. The number of nitroso groups, excluding NO2 is 1. The Morgan fingerprint density at radius 3 is 2.61 bits per heavy atom. The standard InChI is InChI=1S/C11H13N3O4/c1-2-12-10(15)7-14(13-18)9-6-4-3-5-8(9)11(16)17/h3-6H,2,7H2,1H3,(H,12,15)(H,16,17). The number of hydrogen-bond acceptors (Lipinski definition) is 4. The number of aromatic carboxylic acids is 1. The minimum atomic E-state index is -1.19. The highest BCUT2D eigenvalue weighted by Gasteiger charge is 2.18. The molecule has 7 heteroatoms. The van der Waals surface area contributed by atoms with Gasteiger partial charge in [0.15, 0.2) is 0 Å². The first-order chi connectivity index (χ1) is 8.60. The van der Waals surface area contributed by atoms with Crippen LogP contribution in [0.25, 0.3) is 0 Å². The van der Waals surface area contributed by atoms with Crippen LogP contribution in [0.15, 0.2) is 29.6 Å². The molecule has 0 atom stereocenters. The smallest absolute Gasteiger partial charge is 0.337 e. The summed E-state index contributed by atoms with van der Waals surface area (Å²) in [5.74, 6) is -1.59. The number of carbonyl (C=O) groups excluding carboxylic acids is 1. The Labute approximate surface area is 103 Å². The SMILES string of the molecule is CCNC(=O)CN(N=O)c1ccccc1C(=O)O. The number of amides is 1. The lowest BCUT2D eigenvalue weighted by Crippen LogP contribution is -2.34. The Morgan fingerprint density at radius 1 is 1.39 bits per heavy atom. The fraction of sp³-hybridized carbons (Fsp3) is 0.273. The second-order valence-electron chi connectivity index (χ2n) is 3.42. The summed E-state index contributed by atoms with van der Waals surface area (Å²) in [5, 5.41) is 15.0. The van der Waals surface area contributed by atoms with E-state index in [9.17, 15) is 14.5 Å². The number of benzene rings is 1. The fourth-order valence-corrected chi connectivity index (χ4v) is 1.43. The van der Waals surface area contributed by atoms with E-state index in [1.54, 1.807) is 13.0 Å². The molecular weight excluding hydrogens is 238 g/mol. The van der Waals surface area contributed by atoms with Gasteiger partial charge in [0.2, 0.25) is 5.91 Å². The van der Waals surface area contributed by atoms with Gasteiger partial charge < -0.3 is 10.4 Å². The highest BCUT2D eigenvalue weighted by molar-refractivity contribution is 5.95. The summed E-state index contributed by atoms with van der Waals surface area (Å²) in [6.07, 6.45) is 0. The Balaban J connectivity index is 2.98. The van der Waals surface area contributed by atoms with Crippen molar-refractivity contribution >= 4 is 17.6 Å². The molecule has 1 rings (SSSR count). The number of likely N-dealkylation sites (N-methyl/N-ethyl adjacent to an activating group) is 1. The van der Waals surface area contributed by atoms with Crippen molar-refractivity contribution in [3.05, 3.63) is 34.7 Å². The van der Waals surface area contributed by atoms with Crippen LogP contribution in [0.1, 0.15) is 17.3 Å². The van der Waals surface area contributed by atoms with Crippen LogP contribution in [0.4, 0.5) is 5.69 Å². The second kappa shape index (κ2) is 6.33. The van der Waals surface area contributed by atoms with Gasteiger partial charge in [-0.15, -0.1) is 4.91 Å². The van der Waals surface area contributed by atoms with Crippen molar-refractivity contribution in [1.82, 2.24) is 5.32 Å². The van der Waals surface area contributed by atoms with Gasteiger partial charge in [0.05, 0.1) is 16.5 Å². The largest absolute Gasteiger partial charge is 0.478 e. The first-order valence-electron chi connectivity index (χ1n) is 5.30. The van der Waals surface area contributed by atoms with Crippen molar-refractivity contribution in [2.75, 3.05) is 18.1 Å². The van der Waals surface area contributed by atoms with Gasteiger partial charge >= 0.3 is 5.97 Å². The average Bonchev–Trinajstić information content (AvgIpc) is 2.36. The molecule has 1 aromatic carbocycles. The van der Waals surface area contributed by atoms with Crippen LogP contribution in [0.3, 0.4) is 0 Å². The van der Waals surface area contributed by atoms with Crippen molar-refractivity contribution < 1.29 is 14.7 Å². The molecule has 0 saturated heterocycles. The molecule has 1 aromatic rings. The number of carboxylic acid groups (broad SMARTS) is 1. The van der Waals surface area contributed by atoms with E-state index >= 15 is 0 Å². The maximum absolute atomic E-state index is 11.4. The van der Waals surface area contributed by atoms with Crippen LogP contribution < -0.4 is 10.3 Å². The summed E-state index contributed by atoms with van der Waals surface area (Å²) in [6.45, 7) is 1.84. The van der Waals surface area contributed by atoms with Gasteiger partial charge in [0.1, 0.15) is 6.54 Å². The topological polar surface area (TPSA) is 99.1 Å². The zero-order valence-electron chi connectivity index (χ0n) is 9.79. The number of nitrogens with one attached hydrogen (secondary N) is 1. The molecule has 0 unspecified atom stereocenters. The zero-order chi connectivity index (χ0) is 13.5. The van der Waals surface area contributed by atoms with Gasteiger partial charge in [-0.1, -0.05) is 12.1 Å². The molecule has 0 fully saturated rings. The normalized spacial score (nSPS) is 9.61.